The highest BCUT2D eigenvalue weighted by Crippen LogP contribution is 2.44. The average Bonchev–Trinajstić information content (AvgIpc) is 3.75. The number of rotatable bonds is 10. The molecule has 5 rings (SSSR count). The molecule has 36 heavy (non-hydrogen) atoms. The van der Waals surface area contributed by atoms with Crippen LogP contribution in [0.1, 0.15) is 58.8 Å². The van der Waals surface area contributed by atoms with Crippen molar-refractivity contribution >= 4 is 33.0 Å². The second-order valence-corrected chi connectivity index (χ2v) is 11.6. The normalized spacial score (nSPS) is 19.4. The van der Waals surface area contributed by atoms with Crippen LogP contribution in [0.3, 0.4) is 0 Å². The Morgan fingerprint density at radius 1 is 1.19 bits per heavy atom. The molecule has 2 heterocycles. The van der Waals surface area contributed by atoms with Crippen LogP contribution in [0, 0.1) is 18.8 Å². The Morgan fingerprint density at radius 2 is 1.92 bits per heavy atom. The molecule has 2 fully saturated rings. The molecule has 0 bridgehead atoms. The lowest BCUT2D eigenvalue weighted by Gasteiger charge is -2.10. The molecule has 0 radical (unpaired) electrons. The third kappa shape index (κ3) is 5.01. The number of carboxylic acid groups (broad SMARTS) is 1. The molecular formula is C26H29N3O6S. The molecule has 0 saturated heterocycles. The van der Waals surface area contributed by atoms with Gasteiger partial charge in [0.25, 0.3) is 5.91 Å². The zero-order chi connectivity index (χ0) is 25.6. The number of amides is 1. The zero-order valence-electron chi connectivity index (χ0n) is 20.2. The lowest BCUT2D eigenvalue weighted by Crippen LogP contribution is -2.27. The lowest BCUT2D eigenvalue weighted by atomic mass is 10.0. The van der Waals surface area contributed by atoms with Gasteiger partial charge in [0.15, 0.2) is 0 Å². The molecule has 2 aliphatic rings. The van der Waals surface area contributed by atoms with Gasteiger partial charge in [0.05, 0.1) is 22.6 Å². The van der Waals surface area contributed by atoms with Crippen LogP contribution in [-0.2, 0) is 20.6 Å². The fraction of sp³-hybridized carbons (Fsp3) is 0.423. The van der Waals surface area contributed by atoms with Crippen molar-refractivity contribution in [3.05, 3.63) is 52.7 Å². The molecule has 2 aliphatic carbocycles. The van der Waals surface area contributed by atoms with Crippen molar-refractivity contribution < 1.29 is 27.5 Å². The number of hydrogen-bond acceptors (Lipinski definition) is 6. The predicted molar refractivity (Wildman–Crippen MR) is 134 cm³/mol. The second kappa shape index (κ2) is 9.33. The number of nitrogens with zero attached hydrogens (tertiary/aromatic N) is 1. The van der Waals surface area contributed by atoms with Gasteiger partial charge >= 0.3 is 5.97 Å². The molecule has 190 valence electrons. The number of benzene rings is 1. The standard InChI is InChI=1S/C26H29N3O6S/c1-14-3-5-16(6-4-14)23-22(24(30)27-2)20-12-18(15-7-8-15)21(29-25(20)35-23)13-36(33,34)28-10-9-17-11-19(17)26(31)32/h3-6,12,15,17,19,28H,7-11,13H2,1-2H3,(H,27,30)(H,31,32)/t17-,19-/m1/s1. The Labute approximate surface area is 209 Å². The van der Waals surface area contributed by atoms with Gasteiger partial charge in [-0.25, -0.2) is 18.1 Å². The highest BCUT2D eigenvalue weighted by molar-refractivity contribution is 7.88. The largest absolute Gasteiger partial charge is 0.481 e. The summed E-state index contributed by atoms with van der Waals surface area (Å²) in [6, 6.07) is 9.49. The van der Waals surface area contributed by atoms with E-state index in [1.54, 1.807) is 7.05 Å². The van der Waals surface area contributed by atoms with E-state index < -0.39 is 16.0 Å². The maximum Gasteiger partial charge on any atom is 0.306 e. The van der Waals surface area contributed by atoms with Gasteiger partial charge in [-0.3, -0.25) is 9.59 Å². The summed E-state index contributed by atoms with van der Waals surface area (Å²) in [4.78, 5) is 28.5. The van der Waals surface area contributed by atoms with Crippen molar-refractivity contribution in [2.45, 2.75) is 44.3 Å². The molecule has 2 atom stereocenters. The maximum absolute atomic E-state index is 12.9. The molecule has 0 spiro atoms. The molecule has 0 unspecified atom stereocenters. The van der Waals surface area contributed by atoms with Crippen molar-refractivity contribution in [3.63, 3.8) is 0 Å². The van der Waals surface area contributed by atoms with Crippen LogP contribution in [0.4, 0.5) is 0 Å². The van der Waals surface area contributed by atoms with Crippen LogP contribution in [0.5, 0.6) is 0 Å². The number of aliphatic carboxylic acids is 1. The van der Waals surface area contributed by atoms with Gasteiger partial charge in [-0.1, -0.05) is 29.8 Å². The monoisotopic (exact) mass is 511 g/mol. The van der Waals surface area contributed by atoms with E-state index in [9.17, 15) is 18.0 Å². The summed E-state index contributed by atoms with van der Waals surface area (Å²) < 4.78 is 34.4. The highest BCUT2D eigenvalue weighted by Gasteiger charge is 2.42. The van der Waals surface area contributed by atoms with Gasteiger partial charge in [-0.05, 0) is 56.1 Å². The highest BCUT2D eigenvalue weighted by atomic mass is 32.2. The van der Waals surface area contributed by atoms with Gasteiger partial charge in [0.1, 0.15) is 11.5 Å². The number of furan rings is 1. The van der Waals surface area contributed by atoms with E-state index in [1.165, 1.54) is 0 Å². The van der Waals surface area contributed by atoms with Gasteiger partial charge in [-0.2, -0.15) is 0 Å². The lowest BCUT2D eigenvalue weighted by molar-refractivity contribution is -0.138. The first-order valence-electron chi connectivity index (χ1n) is 12.1. The minimum atomic E-state index is -3.70. The number of nitrogens with one attached hydrogen (secondary N) is 2. The molecule has 3 N–H and O–H groups in total. The van der Waals surface area contributed by atoms with Crippen LogP contribution >= 0.6 is 0 Å². The number of pyridine rings is 1. The quantitative estimate of drug-likeness (QED) is 0.378. The fourth-order valence-electron chi connectivity index (χ4n) is 4.70. The smallest absolute Gasteiger partial charge is 0.306 e. The van der Waals surface area contributed by atoms with E-state index >= 15 is 0 Å². The molecule has 1 amide bonds. The number of aromatic nitrogens is 1. The van der Waals surface area contributed by atoms with Crippen LogP contribution in [-0.4, -0.2) is 44.0 Å². The molecule has 1 aromatic carbocycles. The number of carbonyl (C=O) groups is 2. The summed E-state index contributed by atoms with van der Waals surface area (Å²) in [7, 11) is -2.14. The Hall–Kier alpha value is -3.24. The number of carboxylic acids is 1. The first-order valence-corrected chi connectivity index (χ1v) is 13.8. The fourth-order valence-corrected chi connectivity index (χ4v) is 5.82. The van der Waals surface area contributed by atoms with Crippen LogP contribution < -0.4 is 10.0 Å². The minimum Gasteiger partial charge on any atom is -0.481 e. The summed E-state index contributed by atoms with van der Waals surface area (Å²) in [6.07, 6.45) is 2.95. The summed E-state index contributed by atoms with van der Waals surface area (Å²) in [5.41, 5.74) is 3.66. The number of hydrogen-bond donors (Lipinski definition) is 3. The van der Waals surface area contributed by atoms with Crippen molar-refractivity contribution in [1.82, 2.24) is 15.0 Å². The summed E-state index contributed by atoms with van der Waals surface area (Å²) >= 11 is 0. The van der Waals surface area contributed by atoms with Crippen molar-refractivity contribution in [1.29, 1.82) is 0 Å². The van der Waals surface area contributed by atoms with Crippen molar-refractivity contribution in [2.75, 3.05) is 13.6 Å². The topological polar surface area (TPSA) is 139 Å². The minimum absolute atomic E-state index is 0.0214. The Bertz CT molecular complexity index is 1440. The van der Waals surface area contributed by atoms with E-state index in [1.807, 2.05) is 37.3 Å². The SMILES string of the molecule is CNC(=O)c1c(-c2ccc(C)cc2)oc2nc(CS(=O)(=O)NCC[C@@H]3C[C@H]3C(=O)O)c(C3CC3)cc12. The first-order chi connectivity index (χ1) is 17.2. The van der Waals surface area contributed by atoms with E-state index in [0.29, 0.717) is 35.2 Å². The molecular weight excluding hydrogens is 482 g/mol. The van der Waals surface area contributed by atoms with E-state index in [4.69, 9.17) is 9.52 Å². The van der Waals surface area contributed by atoms with Gasteiger partial charge < -0.3 is 14.8 Å². The van der Waals surface area contributed by atoms with Crippen molar-refractivity contribution in [3.8, 4) is 11.3 Å². The van der Waals surface area contributed by atoms with Gasteiger partial charge in [0.2, 0.25) is 15.7 Å². The van der Waals surface area contributed by atoms with Crippen LogP contribution in [0.2, 0.25) is 0 Å². The molecule has 2 saturated carbocycles. The van der Waals surface area contributed by atoms with Gasteiger partial charge in [0, 0.05) is 19.2 Å². The number of aryl methyl sites for hydroxylation is 1. The average molecular weight is 512 g/mol. The molecule has 3 aromatic rings. The Kier molecular flexibility index (Phi) is 6.34. The van der Waals surface area contributed by atoms with E-state index in [-0.39, 0.29) is 41.7 Å². The van der Waals surface area contributed by atoms with Gasteiger partial charge in [-0.15, -0.1) is 0 Å². The summed E-state index contributed by atoms with van der Waals surface area (Å²) in [5.74, 6) is -1.18. The maximum atomic E-state index is 12.9. The number of fused-ring (bicyclic) bond motifs is 1. The Morgan fingerprint density at radius 3 is 2.53 bits per heavy atom. The Balaban J connectivity index is 1.46. The van der Waals surface area contributed by atoms with Crippen LogP contribution in [0.15, 0.2) is 34.7 Å². The third-order valence-electron chi connectivity index (χ3n) is 6.98. The molecule has 0 aliphatic heterocycles. The second-order valence-electron chi connectivity index (χ2n) is 9.79. The molecule has 9 nitrogen and oxygen atoms in total. The predicted octanol–water partition coefficient (Wildman–Crippen LogP) is 3.57. The zero-order valence-corrected chi connectivity index (χ0v) is 21.0. The number of sulfonamides is 1. The van der Waals surface area contributed by atoms with E-state index in [2.05, 4.69) is 15.0 Å². The third-order valence-corrected chi connectivity index (χ3v) is 8.28. The van der Waals surface area contributed by atoms with Crippen molar-refractivity contribution in [2.24, 2.45) is 11.8 Å². The first kappa shape index (κ1) is 24.5. The van der Waals surface area contributed by atoms with Crippen LogP contribution in [0.25, 0.3) is 22.4 Å². The molecule has 10 heteroatoms. The van der Waals surface area contributed by atoms with E-state index in [0.717, 1.165) is 29.5 Å². The summed E-state index contributed by atoms with van der Waals surface area (Å²) in [6.45, 7) is 2.17. The molecule has 2 aromatic heterocycles. The summed E-state index contributed by atoms with van der Waals surface area (Å²) in [5, 5.41) is 12.3. The number of carbonyl (C=O) groups excluding carboxylic acids is 1.